The Bertz CT molecular complexity index is 1070. The quantitative estimate of drug-likeness (QED) is 0.620. The molecule has 1 N–H and O–H groups in total. The molecule has 7 nitrogen and oxygen atoms in total. The minimum Gasteiger partial charge on any atom is -0.467 e. The van der Waals surface area contributed by atoms with E-state index in [4.69, 9.17) is 9.72 Å². The number of benzene rings is 1. The third kappa shape index (κ3) is 3.95. The zero-order valence-corrected chi connectivity index (χ0v) is 17.7. The molecule has 0 aliphatic heterocycles. The Labute approximate surface area is 170 Å². The molecule has 0 spiro atoms. The number of nitrogens with zero attached hydrogens (tertiary/aromatic N) is 3. The van der Waals surface area contributed by atoms with Crippen LogP contribution in [0.1, 0.15) is 50.1 Å². The molecule has 0 radical (unpaired) electrons. The van der Waals surface area contributed by atoms with Crippen LogP contribution in [0.2, 0.25) is 0 Å². The molecule has 2 aromatic heterocycles. The number of esters is 1. The van der Waals surface area contributed by atoms with Gasteiger partial charge >= 0.3 is 5.97 Å². The molecule has 7 heteroatoms. The van der Waals surface area contributed by atoms with Gasteiger partial charge in [0.25, 0.3) is 0 Å². The molecule has 2 heterocycles. The normalized spacial score (nSPS) is 13.4. The third-order valence-electron chi connectivity index (χ3n) is 5.42. The maximum Gasteiger partial charge on any atom is 0.331 e. The maximum atomic E-state index is 12.6. The highest BCUT2D eigenvalue weighted by Gasteiger charge is 2.34. The van der Waals surface area contributed by atoms with Gasteiger partial charge in [-0.3, -0.25) is 4.79 Å². The summed E-state index contributed by atoms with van der Waals surface area (Å²) < 4.78 is 6.72. The second-order valence-electron chi connectivity index (χ2n) is 7.64. The molecule has 0 bridgehead atoms. The van der Waals surface area contributed by atoms with E-state index >= 15 is 0 Å². The number of fused-ring (bicyclic) bond motifs is 3. The minimum absolute atomic E-state index is 0.184. The number of ether oxygens (including phenoxy) is 1. The van der Waals surface area contributed by atoms with Gasteiger partial charge in [0.15, 0.2) is 5.65 Å². The van der Waals surface area contributed by atoms with Gasteiger partial charge < -0.3 is 10.1 Å². The first kappa shape index (κ1) is 20.8. The number of aryl methyl sites for hydroxylation is 2. The van der Waals surface area contributed by atoms with Crippen molar-refractivity contribution in [3.63, 3.8) is 0 Å². The average Bonchev–Trinajstić information content (AvgIpc) is 3.06. The van der Waals surface area contributed by atoms with E-state index in [0.717, 1.165) is 39.9 Å². The lowest BCUT2D eigenvalue weighted by Gasteiger charge is -2.27. The van der Waals surface area contributed by atoms with Crippen LogP contribution >= 0.6 is 0 Å². The van der Waals surface area contributed by atoms with E-state index in [9.17, 15) is 9.59 Å². The van der Waals surface area contributed by atoms with Gasteiger partial charge in [-0.25, -0.2) is 14.3 Å². The van der Waals surface area contributed by atoms with E-state index in [-0.39, 0.29) is 12.3 Å². The van der Waals surface area contributed by atoms with Gasteiger partial charge in [0.2, 0.25) is 5.91 Å². The topological polar surface area (TPSA) is 85.6 Å². The molecule has 3 aromatic rings. The summed E-state index contributed by atoms with van der Waals surface area (Å²) in [4.78, 5) is 29.4. The van der Waals surface area contributed by atoms with Crippen LogP contribution < -0.4 is 5.32 Å². The van der Waals surface area contributed by atoms with Crippen molar-refractivity contribution < 1.29 is 14.3 Å². The van der Waals surface area contributed by atoms with Crippen molar-refractivity contribution in [2.45, 2.75) is 58.9 Å². The van der Waals surface area contributed by atoms with Gasteiger partial charge in [0.1, 0.15) is 5.54 Å². The zero-order chi connectivity index (χ0) is 21.2. The number of hydrogen-bond acceptors (Lipinski definition) is 5. The van der Waals surface area contributed by atoms with Crippen LogP contribution in [0.5, 0.6) is 0 Å². The van der Waals surface area contributed by atoms with Crippen molar-refractivity contribution in [1.82, 2.24) is 19.9 Å². The molecule has 1 aromatic carbocycles. The van der Waals surface area contributed by atoms with E-state index < -0.39 is 11.5 Å². The van der Waals surface area contributed by atoms with Crippen molar-refractivity contribution in [3.05, 3.63) is 41.2 Å². The molecule has 29 heavy (non-hydrogen) atoms. The lowest BCUT2D eigenvalue weighted by molar-refractivity contribution is -0.150. The van der Waals surface area contributed by atoms with Crippen molar-refractivity contribution in [2.24, 2.45) is 0 Å². The molecule has 0 saturated heterocycles. The monoisotopic (exact) mass is 396 g/mol. The highest BCUT2D eigenvalue weighted by Crippen LogP contribution is 2.23. The molecule has 1 atom stereocenters. The number of rotatable bonds is 7. The lowest BCUT2D eigenvalue weighted by atomic mass is 9.95. The Morgan fingerprint density at radius 1 is 1.24 bits per heavy atom. The van der Waals surface area contributed by atoms with Crippen molar-refractivity contribution in [3.8, 4) is 0 Å². The Balaban J connectivity index is 1.82. The van der Waals surface area contributed by atoms with Crippen molar-refractivity contribution in [1.29, 1.82) is 0 Å². The Morgan fingerprint density at radius 2 is 1.97 bits per heavy atom. The molecule has 0 aliphatic carbocycles. The van der Waals surface area contributed by atoms with Gasteiger partial charge in [0.05, 0.1) is 12.6 Å². The van der Waals surface area contributed by atoms with Crippen molar-refractivity contribution >= 4 is 28.4 Å². The van der Waals surface area contributed by atoms with Crippen LogP contribution in [0.4, 0.5) is 0 Å². The SMILES string of the molecule is CCCC(C)(NC(=O)CCc1c(C)nc2c3ccccc3nn2c1C)C(=O)OC. The molecule has 3 rings (SSSR count). The second kappa shape index (κ2) is 8.19. The summed E-state index contributed by atoms with van der Waals surface area (Å²) in [5.41, 5.74) is 3.57. The van der Waals surface area contributed by atoms with Crippen LogP contribution in [0.15, 0.2) is 24.3 Å². The number of aromatic nitrogens is 3. The Kier molecular flexibility index (Phi) is 5.86. The van der Waals surface area contributed by atoms with E-state index in [1.54, 1.807) is 6.92 Å². The molecule has 0 saturated carbocycles. The molecule has 1 amide bonds. The third-order valence-corrected chi connectivity index (χ3v) is 5.42. The highest BCUT2D eigenvalue weighted by atomic mass is 16.5. The summed E-state index contributed by atoms with van der Waals surface area (Å²) in [7, 11) is 1.34. The first-order valence-electron chi connectivity index (χ1n) is 9.93. The fraction of sp³-hybridized carbons (Fsp3) is 0.455. The first-order valence-corrected chi connectivity index (χ1v) is 9.93. The predicted octanol–water partition coefficient (Wildman–Crippen LogP) is 3.28. The summed E-state index contributed by atoms with van der Waals surface area (Å²) in [5, 5.41) is 8.52. The van der Waals surface area contributed by atoms with Gasteiger partial charge in [-0.1, -0.05) is 25.5 Å². The summed E-state index contributed by atoms with van der Waals surface area (Å²) >= 11 is 0. The number of carbonyl (C=O) groups is 2. The summed E-state index contributed by atoms with van der Waals surface area (Å²) in [6, 6.07) is 7.91. The van der Waals surface area contributed by atoms with Gasteiger partial charge in [-0.15, -0.1) is 0 Å². The van der Waals surface area contributed by atoms with E-state index in [1.807, 2.05) is 49.6 Å². The minimum atomic E-state index is -1.01. The molecule has 1 unspecified atom stereocenters. The van der Waals surface area contributed by atoms with Crippen LogP contribution in [0.25, 0.3) is 16.6 Å². The summed E-state index contributed by atoms with van der Waals surface area (Å²) in [6.45, 7) is 7.63. The average molecular weight is 396 g/mol. The summed E-state index contributed by atoms with van der Waals surface area (Å²) in [5.74, 6) is -0.609. The maximum absolute atomic E-state index is 12.6. The predicted molar refractivity (Wildman–Crippen MR) is 112 cm³/mol. The summed E-state index contributed by atoms with van der Waals surface area (Å²) in [6.07, 6.45) is 2.06. The Hall–Kier alpha value is -2.96. The van der Waals surface area contributed by atoms with Gasteiger partial charge in [-0.2, -0.15) is 5.10 Å². The lowest BCUT2D eigenvalue weighted by Crippen LogP contribution is -2.52. The number of amides is 1. The van der Waals surface area contributed by atoms with Gasteiger partial charge in [-0.05, 0) is 51.3 Å². The number of methoxy groups -OCH3 is 1. The van der Waals surface area contributed by atoms with Crippen LogP contribution in [0.3, 0.4) is 0 Å². The fourth-order valence-electron chi connectivity index (χ4n) is 3.89. The van der Waals surface area contributed by atoms with Crippen LogP contribution in [-0.4, -0.2) is 39.1 Å². The number of carbonyl (C=O) groups excluding carboxylic acids is 2. The largest absolute Gasteiger partial charge is 0.467 e. The van der Waals surface area contributed by atoms with Crippen LogP contribution in [0, 0.1) is 13.8 Å². The molecule has 0 aliphatic rings. The molecular formula is C22H28N4O3. The smallest absolute Gasteiger partial charge is 0.331 e. The van der Waals surface area contributed by atoms with Crippen molar-refractivity contribution in [2.75, 3.05) is 7.11 Å². The number of hydrogen-bond donors (Lipinski definition) is 1. The molecular weight excluding hydrogens is 368 g/mol. The fourth-order valence-corrected chi connectivity index (χ4v) is 3.89. The van der Waals surface area contributed by atoms with E-state index in [2.05, 4.69) is 10.4 Å². The molecule has 0 fully saturated rings. The second-order valence-corrected chi connectivity index (χ2v) is 7.64. The molecule has 154 valence electrons. The highest BCUT2D eigenvalue weighted by molar-refractivity contribution is 5.92. The van der Waals surface area contributed by atoms with E-state index in [1.165, 1.54) is 7.11 Å². The number of nitrogens with one attached hydrogen (secondary N) is 1. The van der Waals surface area contributed by atoms with E-state index in [0.29, 0.717) is 12.8 Å². The zero-order valence-electron chi connectivity index (χ0n) is 17.7. The first-order chi connectivity index (χ1) is 13.8. The van der Waals surface area contributed by atoms with Gasteiger partial charge in [0, 0.05) is 23.2 Å². The Morgan fingerprint density at radius 3 is 2.66 bits per heavy atom. The standard InChI is InChI=1S/C22H28N4O3/c1-6-13-22(4,21(28)29-5)24-19(27)12-11-16-14(2)23-20-17-9-7-8-10-18(17)25-26(20)15(16)3/h7-10H,6,11-13H2,1-5H3,(H,24,27). The van der Waals surface area contributed by atoms with Crippen LogP contribution in [-0.2, 0) is 20.7 Å².